The van der Waals surface area contributed by atoms with Crippen LogP contribution in [0, 0.1) is 0 Å². The largest absolute Gasteiger partial charge is 0.464 e. The molecule has 0 bridgehead atoms. The summed E-state index contributed by atoms with van der Waals surface area (Å²) in [7, 11) is 0. The molecule has 0 spiro atoms. The zero-order chi connectivity index (χ0) is 9.42. The lowest BCUT2D eigenvalue weighted by molar-refractivity contribution is 0.101. The zero-order valence-electron chi connectivity index (χ0n) is 7.00. The number of hydrogen-bond donors (Lipinski definition) is 0. The van der Waals surface area contributed by atoms with Crippen molar-refractivity contribution < 1.29 is 9.21 Å². The summed E-state index contributed by atoms with van der Waals surface area (Å²) in [4.78, 5) is 11.2. The Balaban J connectivity index is 2.86. The fraction of sp³-hybridized carbons (Fsp3) is 0.100. The van der Waals surface area contributed by atoms with Crippen LogP contribution in [0.2, 0.25) is 5.02 Å². The summed E-state index contributed by atoms with van der Waals surface area (Å²) in [6.07, 6.45) is 1.53. The zero-order valence-corrected chi connectivity index (χ0v) is 7.76. The summed E-state index contributed by atoms with van der Waals surface area (Å²) in [6, 6.07) is 5.14. The minimum absolute atomic E-state index is 0.0170. The predicted molar refractivity (Wildman–Crippen MR) is 51.2 cm³/mol. The Morgan fingerprint density at radius 1 is 1.38 bits per heavy atom. The fourth-order valence-corrected chi connectivity index (χ4v) is 1.52. The summed E-state index contributed by atoms with van der Waals surface area (Å²) in [5.41, 5.74) is 1.14. The van der Waals surface area contributed by atoms with Gasteiger partial charge in [-0.1, -0.05) is 11.6 Å². The highest BCUT2D eigenvalue weighted by Crippen LogP contribution is 2.27. The first kappa shape index (κ1) is 8.32. The van der Waals surface area contributed by atoms with Gasteiger partial charge in [0.1, 0.15) is 5.58 Å². The molecule has 2 rings (SSSR count). The second-order valence-electron chi connectivity index (χ2n) is 2.81. The lowest BCUT2D eigenvalue weighted by Crippen LogP contribution is -1.91. The molecular formula is C10H7ClO2. The van der Waals surface area contributed by atoms with Crippen molar-refractivity contribution in [2.45, 2.75) is 6.92 Å². The molecule has 0 unspecified atom stereocenters. The number of fused-ring (bicyclic) bond motifs is 1. The molecule has 0 saturated carbocycles. The molecule has 1 heterocycles. The Labute approximate surface area is 80.1 Å². The van der Waals surface area contributed by atoms with Crippen molar-refractivity contribution in [3.63, 3.8) is 0 Å². The number of rotatable bonds is 1. The van der Waals surface area contributed by atoms with Crippen molar-refractivity contribution in [1.82, 2.24) is 0 Å². The topological polar surface area (TPSA) is 30.2 Å². The van der Waals surface area contributed by atoms with Crippen LogP contribution in [-0.4, -0.2) is 5.78 Å². The van der Waals surface area contributed by atoms with Crippen LogP contribution < -0.4 is 0 Å². The maximum atomic E-state index is 11.2. The van der Waals surface area contributed by atoms with E-state index in [-0.39, 0.29) is 5.78 Å². The van der Waals surface area contributed by atoms with Crippen LogP contribution in [-0.2, 0) is 0 Å². The maximum absolute atomic E-state index is 11.2. The minimum Gasteiger partial charge on any atom is -0.464 e. The van der Waals surface area contributed by atoms with Gasteiger partial charge in [0.25, 0.3) is 0 Å². The number of halogens is 1. The van der Waals surface area contributed by atoms with Crippen LogP contribution in [0.25, 0.3) is 11.0 Å². The smallest absolute Gasteiger partial charge is 0.163 e. The summed E-state index contributed by atoms with van der Waals surface area (Å²) in [5.74, 6) is -0.0170. The monoisotopic (exact) mass is 194 g/mol. The second kappa shape index (κ2) is 2.89. The third kappa shape index (κ3) is 1.23. The van der Waals surface area contributed by atoms with Crippen molar-refractivity contribution in [2.24, 2.45) is 0 Å². The number of carbonyl (C=O) groups is 1. The minimum atomic E-state index is -0.0170. The highest BCUT2D eigenvalue weighted by molar-refractivity contribution is 6.35. The maximum Gasteiger partial charge on any atom is 0.163 e. The number of Topliss-reactive ketones (excluding diaryl/α,β-unsaturated/α-hetero) is 1. The average Bonchev–Trinajstić information content (AvgIpc) is 2.53. The lowest BCUT2D eigenvalue weighted by atomic mass is 10.1. The van der Waals surface area contributed by atoms with E-state index in [2.05, 4.69) is 0 Å². The van der Waals surface area contributed by atoms with Gasteiger partial charge in [-0.25, -0.2) is 0 Å². The Bertz CT molecular complexity index is 471. The fourth-order valence-electron chi connectivity index (χ4n) is 1.31. The van der Waals surface area contributed by atoms with E-state index in [0.717, 1.165) is 5.39 Å². The second-order valence-corrected chi connectivity index (χ2v) is 3.22. The quantitative estimate of drug-likeness (QED) is 0.652. The van der Waals surface area contributed by atoms with Crippen molar-refractivity contribution in [1.29, 1.82) is 0 Å². The molecule has 0 amide bonds. The molecule has 0 N–H and O–H groups in total. The Morgan fingerprint density at radius 3 is 2.85 bits per heavy atom. The van der Waals surface area contributed by atoms with E-state index in [1.165, 1.54) is 13.2 Å². The molecule has 1 aromatic heterocycles. The normalized spacial score (nSPS) is 10.6. The molecule has 1 aromatic carbocycles. The summed E-state index contributed by atoms with van der Waals surface area (Å²) < 4.78 is 5.19. The van der Waals surface area contributed by atoms with Crippen LogP contribution in [0.15, 0.2) is 28.9 Å². The molecular weight excluding hydrogens is 188 g/mol. The van der Waals surface area contributed by atoms with Crippen LogP contribution in [0.1, 0.15) is 17.3 Å². The average molecular weight is 195 g/mol. The SMILES string of the molecule is CC(=O)c1ccc(Cl)c2ccoc12. The summed E-state index contributed by atoms with van der Waals surface area (Å²) in [5, 5.41) is 1.39. The van der Waals surface area contributed by atoms with Gasteiger partial charge in [-0.05, 0) is 25.1 Å². The van der Waals surface area contributed by atoms with Crippen LogP contribution in [0.3, 0.4) is 0 Å². The molecule has 13 heavy (non-hydrogen) atoms. The van der Waals surface area contributed by atoms with Gasteiger partial charge in [-0.2, -0.15) is 0 Å². The van der Waals surface area contributed by atoms with Gasteiger partial charge in [0.2, 0.25) is 0 Å². The van der Waals surface area contributed by atoms with Gasteiger partial charge < -0.3 is 4.42 Å². The number of hydrogen-bond acceptors (Lipinski definition) is 2. The summed E-state index contributed by atoms with van der Waals surface area (Å²) >= 11 is 5.90. The molecule has 0 saturated heterocycles. The molecule has 3 heteroatoms. The van der Waals surface area contributed by atoms with Crippen molar-refractivity contribution in [3.05, 3.63) is 35.0 Å². The third-order valence-electron chi connectivity index (χ3n) is 1.94. The van der Waals surface area contributed by atoms with E-state index >= 15 is 0 Å². The van der Waals surface area contributed by atoms with Crippen LogP contribution in [0.5, 0.6) is 0 Å². The van der Waals surface area contributed by atoms with Crippen molar-refractivity contribution >= 4 is 28.4 Å². The number of benzene rings is 1. The van der Waals surface area contributed by atoms with Gasteiger partial charge in [-0.3, -0.25) is 4.79 Å². The molecule has 0 aliphatic carbocycles. The van der Waals surface area contributed by atoms with Gasteiger partial charge >= 0.3 is 0 Å². The van der Waals surface area contributed by atoms with Crippen molar-refractivity contribution in [3.8, 4) is 0 Å². The lowest BCUT2D eigenvalue weighted by Gasteiger charge is -1.97. The summed E-state index contributed by atoms with van der Waals surface area (Å²) in [6.45, 7) is 1.51. The van der Waals surface area contributed by atoms with E-state index in [9.17, 15) is 4.79 Å². The molecule has 0 radical (unpaired) electrons. The van der Waals surface area contributed by atoms with E-state index in [1.54, 1.807) is 18.2 Å². The molecule has 0 fully saturated rings. The van der Waals surface area contributed by atoms with Crippen LogP contribution in [0.4, 0.5) is 0 Å². The van der Waals surface area contributed by atoms with Crippen molar-refractivity contribution in [2.75, 3.05) is 0 Å². The van der Waals surface area contributed by atoms with Crippen LogP contribution >= 0.6 is 11.6 Å². The third-order valence-corrected chi connectivity index (χ3v) is 2.27. The van der Waals surface area contributed by atoms with Gasteiger partial charge in [-0.15, -0.1) is 0 Å². The van der Waals surface area contributed by atoms with E-state index in [4.69, 9.17) is 16.0 Å². The van der Waals surface area contributed by atoms with Gasteiger partial charge in [0.05, 0.1) is 16.8 Å². The molecule has 0 aliphatic rings. The number of furan rings is 1. The van der Waals surface area contributed by atoms with E-state index < -0.39 is 0 Å². The first-order valence-corrected chi connectivity index (χ1v) is 4.24. The molecule has 66 valence electrons. The number of carbonyl (C=O) groups excluding carboxylic acids is 1. The van der Waals surface area contributed by atoms with Gasteiger partial charge in [0, 0.05) is 5.39 Å². The van der Waals surface area contributed by atoms with E-state index in [0.29, 0.717) is 16.2 Å². The van der Waals surface area contributed by atoms with Gasteiger partial charge in [0.15, 0.2) is 5.78 Å². The standard InChI is InChI=1S/C10H7ClO2/c1-6(12)7-2-3-9(11)8-4-5-13-10(7)8/h2-5H,1H3. The molecule has 0 atom stereocenters. The predicted octanol–water partition coefficient (Wildman–Crippen LogP) is 3.29. The first-order valence-electron chi connectivity index (χ1n) is 3.87. The first-order chi connectivity index (χ1) is 6.20. The molecule has 2 nitrogen and oxygen atoms in total. The number of ketones is 1. The Morgan fingerprint density at radius 2 is 2.15 bits per heavy atom. The molecule has 0 aliphatic heterocycles. The highest BCUT2D eigenvalue weighted by atomic mass is 35.5. The molecule has 2 aromatic rings. The Kier molecular flexibility index (Phi) is 1.85. The Hall–Kier alpha value is -1.28. The van der Waals surface area contributed by atoms with E-state index in [1.807, 2.05) is 0 Å². The highest BCUT2D eigenvalue weighted by Gasteiger charge is 2.10.